The number of carbonyl (C=O) groups excluding carboxylic acids is 2. The summed E-state index contributed by atoms with van der Waals surface area (Å²) in [6, 6.07) is 9.07. The predicted octanol–water partition coefficient (Wildman–Crippen LogP) is 5.69. The van der Waals surface area contributed by atoms with Gasteiger partial charge in [-0.1, -0.05) is 0 Å². The summed E-state index contributed by atoms with van der Waals surface area (Å²) in [6.45, 7) is 6.62. The first-order chi connectivity index (χ1) is 19.6. The van der Waals surface area contributed by atoms with Crippen molar-refractivity contribution in [3.63, 3.8) is 0 Å². The van der Waals surface area contributed by atoms with E-state index in [4.69, 9.17) is 20.9 Å². The summed E-state index contributed by atoms with van der Waals surface area (Å²) in [5, 5.41) is 12.8. The van der Waals surface area contributed by atoms with Crippen LogP contribution in [0.2, 0.25) is 0 Å². The van der Waals surface area contributed by atoms with Crippen LogP contribution in [0.25, 0.3) is 0 Å². The predicted molar refractivity (Wildman–Crippen MR) is 152 cm³/mol. The van der Waals surface area contributed by atoms with Gasteiger partial charge in [0.25, 0.3) is 5.91 Å². The minimum absolute atomic E-state index is 0.0316. The van der Waals surface area contributed by atoms with E-state index in [0.717, 1.165) is 12.1 Å². The summed E-state index contributed by atoms with van der Waals surface area (Å²) in [4.78, 5) is 29.5. The van der Waals surface area contributed by atoms with Crippen LogP contribution in [0.15, 0.2) is 47.5 Å². The van der Waals surface area contributed by atoms with Gasteiger partial charge in [0.2, 0.25) is 0 Å². The fourth-order valence-electron chi connectivity index (χ4n) is 4.79. The summed E-state index contributed by atoms with van der Waals surface area (Å²) in [7, 11) is 0. The molecule has 0 saturated carbocycles. The molecular weight excluding hydrogens is 553 g/mol. The van der Waals surface area contributed by atoms with E-state index >= 15 is 0 Å². The Labute approximate surface area is 240 Å². The third-order valence-electron chi connectivity index (χ3n) is 7.20. The van der Waals surface area contributed by atoms with E-state index in [9.17, 15) is 27.9 Å². The number of amides is 1. The van der Waals surface area contributed by atoms with E-state index in [1.165, 1.54) is 30.3 Å². The van der Waals surface area contributed by atoms with Gasteiger partial charge in [-0.3, -0.25) is 9.59 Å². The van der Waals surface area contributed by atoms with Crippen LogP contribution in [0, 0.1) is 20.8 Å². The molecule has 9 nitrogen and oxygen atoms in total. The Hall–Kier alpha value is -4.74. The molecule has 42 heavy (non-hydrogen) atoms. The molecule has 0 spiro atoms. The van der Waals surface area contributed by atoms with Gasteiger partial charge in [0.05, 0.1) is 29.8 Å². The summed E-state index contributed by atoms with van der Waals surface area (Å²) in [5.41, 5.74) is 11.0. The molecule has 1 heterocycles. The number of nitrogens with one attached hydrogen (secondary N) is 1. The first kappa shape index (κ1) is 30.2. The minimum Gasteiger partial charge on any atom is -0.507 e. The number of carbonyl (C=O) groups is 2. The molecule has 1 atom stereocenters. The lowest BCUT2D eigenvalue weighted by Gasteiger charge is -2.37. The van der Waals surface area contributed by atoms with Crippen molar-refractivity contribution in [3.8, 4) is 17.2 Å². The highest BCUT2D eigenvalue weighted by Crippen LogP contribution is 2.44. The number of aromatic hydroxyl groups is 1. The topological polar surface area (TPSA) is 149 Å². The number of ether oxygens (including phenoxy) is 2. The number of ketones is 1. The number of anilines is 1. The van der Waals surface area contributed by atoms with E-state index in [1.807, 2.05) is 0 Å². The molecule has 0 bridgehead atoms. The molecule has 222 valence electrons. The van der Waals surface area contributed by atoms with Crippen molar-refractivity contribution in [2.75, 3.05) is 11.9 Å². The number of aliphatic imine (C=N–C) groups is 1. The standard InChI is InChI=1S/C30H31F3N4O5/c1-15-16(2)26-24(17(3)25(15)39)22(38)14-29(4,42-26)11-12-41-23-10-9-20(13-21(23)30(31,32)33)36-27(40)18-5-7-19(8-6-18)37-28(34)35/h5-10,13,39H,11-12,14H2,1-4H3,(H,36,40)(H4,34,35,37). The van der Waals surface area contributed by atoms with E-state index in [2.05, 4.69) is 10.3 Å². The second-order valence-corrected chi connectivity index (χ2v) is 10.4. The Kier molecular flexibility index (Phi) is 8.11. The van der Waals surface area contributed by atoms with E-state index in [1.54, 1.807) is 27.7 Å². The van der Waals surface area contributed by atoms with Crippen molar-refractivity contribution in [1.82, 2.24) is 0 Å². The molecule has 3 aromatic carbocycles. The molecule has 1 aliphatic heterocycles. The summed E-state index contributed by atoms with van der Waals surface area (Å²) in [6.07, 6.45) is -4.69. The van der Waals surface area contributed by atoms with Gasteiger partial charge in [0, 0.05) is 23.2 Å². The second kappa shape index (κ2) is 11.3. The van der Waals surface area contributed by atoms with Crippen LogP contribution in [0.4, 0.5) is 24.5 Å². The molecule has 0 radical (unpaired) electrons. The number of Topliss-reactive ketones (excluding diaryl/α,β-unsaturated/α-hetero) is 1. The molecule has 1 unspecified atom stereocenters. The minimum atomic E-state index is -4.77. The molecule has 3 aromatic rings. The molecule has 0 saturated heterocycles. The maximum absolute atomic E-state index is 13.9. The number of rotatable bonds is 7. The van der Waals surface area contributed by atoms with Gasteiger partial charge >= 0.3 is 6.18 Å². The largest absolute Gasteiger partial charge is 0.507 e. The molecule has 4 rings (SSSR count). The van der Waals surface area contributed by atoms with E-state index < -0.39 is 29.0 Å². The number of nitrogens with two attached hydrogens (primary N) is 2. The fraction of sp³-hybridized carbons (Fsp3) is 0.300. The van der Waals surface area contributed by atoms with Gasteiger partial charge in [0.15, 0.2) is 11.7 Å². The van der Waals surface area contributed by atoms with Crippen molar-refractivity contribution in [3.05, 3.63) is 75.8 Å². The first-order valence-corrected chi connectivity index (χ1v) is 13.0. The second-order valence-electron chi connectivity index (χ2n) is 10.4. The number of phenols is 1. The Morgan fingerprint density at radius 2 is 1.76 bits per heavy atom. The average Bonchev–Trinajstić information content (AvgIpc) is 2.90. The maximum atomic E-state index is 13.9. The van der Waals surface area contributed by atoms with Crippen LogP contribution in [-0.4, -0.2) is 35.0 Å². The highest BCUT2D eigenvalue weighted by molar-refractivity contribution is 6.04. The van der Waals surface area contributed by atoms with Crippen molar-refractivity contribution < 1.29 is 37.3 Å². The zero-order valence-electron chi connectivity index (χ0n) is 23.5. The number of fused-ring (bicyclic) bond motifs is 1. The zero-order chi connectivity index (χ0) is 31.0. The molecule has 6 N–H and O–H groups in total. The molecule has 1 amide bonds. The number of guanidine groups is 1. The zero-order valence-corrected chi connectivity index (χ0v) is 23.5. The van der Waals surface area contributed by atoms with Gasteiger partial charge < -0.3 is 31.4 Å². The normalized spacial score (nSPS) is 16.3. The Bertz CT molecular complexity index is 1580. The average molecular weight is 585 g/mol. The third-order valence-corrected chi connectivity index (χ3v) is 7.20. The smallest absolute Gasteiger partial charge is 0.420 e. The number of benzene rings is 3. The lowest BCUT2D eigenvalue weighted by Crippen LogP contribution is -2.41. The van der Waals surface area contributed by atoms with Gasteiger partial charge in [0.1, 0.15) is 22.8 Å². The third kappa shape index (κ3) is 6.27. The number of halogens is 3. The number of alkyl halides is 3. The quantitative estimate of drug-likeness (QED) is 0.206. The number of phenolic OH excluding ortho intramolecular Hbond substituents is 1. The number of hydrogen-bond donors (Lipinski definition) is 4. The monoisotopic (exact) mass is 584 g/mol. The summed E-state index contributed by atoms with van der Waals surface area (Å²) >= 11 is 0. The van der Waals surface area contributed by atoms with Crippen molar-refractivity contribution >= 4 is 29.0 Å². The fourth-order valence-corrected chi connectivity index (χ4v) is 4.79. The molecular formula is C30H31F3N4O5. The number of hydrogen-bond acceptors (Lipinski definition) is 6. The van der Waals surface area contributed by atoms with Crippen molar-refractivity contribution in [1.29, 1.82) is 0 Å². The molecule has 12 heteroatoms. The summed E-state index contributed by atoms with van der Waals surface area (Å²) in [5.74, 6) is -1.04. The molecule has 0 aromatic heterocycles. The Balaban J connectivity index is 1.48. The highest BCUT2D eigenvalue weighted by Gasteiger charge is 2.40. The van der Waals surface area contributed by atoms with Crippen LogP contribution >= 0.6 is 0 Å². The van der Waals surface area contributed by atoms with E-state index in [-0.39, 0.29) is 48.2 Å². The van der Waals surface area contributed by atoms with Crippen LogP contribution in [0.1, 0.15) is 62.7 Å². The first-order valence-electron chi connectivity index (χ1n) is 13.0. The SMILES string of the molecule is Cc1c(C)c2c(c(C)c1O)C(=O)CC(C)(CCOc1ccc(NC(=O)c3ccc(N=C(N)N)cc3)cc1C(F)(F)F)O2. The van der Waals surface area contributed by atoms with E-state index in [0.29, 0.717) is 33.7 Å². The maximum Gasteiger partial charge on any atom is 0.420 e. The van der Waals surface area contributed by atoms with Crippen molar-refractivity contribution in [2.45, 2.75) is 52.3 Å². The van der Waals surface area contributed by atoms with Crippen LogP contribution < -0.4 is 26.3 Å². The molecule has 0 aliphatic carbocycles. The Morgan fingerprint density at radius 3 is 2.38 bits per heavy atom. The van der Waals surface area contributed by atoms with Gasteiger partial charge in [-0.25, -0.2) is 4.99 Å². The van der Waals surface area contributed by atoms with Crippen LogP contribution in [0.5, 0.6) is 17.2 Å². The number of nitrogens with zero attached hydrogens (tertiary/aromatic N) is 1. The highest BCUT2D eigenvalue weighted by atomic mass is 19.4. The van der Waals surface area contributed by atoms with Crippen LogP contribution in [0.3, 0.4) is 0 Å². The van der Waals surface area contributed by atoms with Crippen molar-refractivity contribution in [2.24, 2.45) is 16.5 Å². The lowest BCUT2D eigenvalue weighted by atomic mass is 9.85. The Morgan fingerprint density at radius 1 is 1.10 bits per heavy atom. The van der Waals surface area contributed by atoms with Crippen LogP contribution in [-0.2, 0) is 6.18 Å². The lowest BCUT2D eigenvalue weighted by molar-refractivity contribution is -0.139. The molecule has 1 aliphatic rings. The van der Waals surface area contributed by atoms with Gasteiger partial charge in [-0.15, -0.1) is 0 Å². The summed E-state index contributed by atoms with van der Waals surface area (Å²) < 4.78 is 53.6. The van der Waals surface area contributed by atoms with Gasteiger partial charge in [-0.05, 0) is 81.3 Å². The van der Waals surface area contributed by atoms with Gasteiger partial charge in [-0.2, -0.15) is 13.2 Å². The molecule has 0 fully saturated rings.